The highest BCUT2D eigenvalue weighted by atomic mass is 32.1. The lowest BCUT2D eigenvalue weighted by Gasteiger charge is -2.20. The second-order valence-electron chi connectivity index (χ2n) is 4.16. The van der Waals surface area contributed by atoms with Crippen molar-refractivity contribution in [3.05, 3.63) is 29.8 Å². The second kappa shape index (κ2) is 4.71. The summed E-state index contributed by atoms with van der Waals surface area (Å²) in [7, 11) is 1.72. The summed E-state index contributed by atoms with van der Waals surface area (Å²) in [6, 6.07) is 7.58. The molecule has 0 spiro atoms. The quantitative estimate of drug-likeness (QED) is 0.800. The van der Waals surface area contributed by atoms with Gasteiger partial charge in [-0.15, -0.1) is 0 Å². The van der Waals surface area contributed by atoms with Gasteiger partial charge in [0.05, 0.1) is 5.69 Å². The van der Waals surface area contributed by atoms with Crippen molar-refractivity contribution >= 4 is 28.9 Å². The molecule has 0 radical (unpaired) electrons. The molecule has 1 saturated carbocycles. The molecule has 2 rings (SSSR count). The monoisotopic (exact) mass is 249 g/mol. The summed E-state index contributed by atoms with van der Waals surface area (Å²) in [6.45, 7) is 0. The number of rotatable bonds is 3. The molecule has 0 bridgehead atoms. The Morgan fingerprint density at radius 3 is 2.71 bits per heavy atom. The Kier molecular flexibility index (Phi) is 3.28. The molecule has 1 aliphatic carbocycles. The fourth-order valence-corrected chi connectivity index (χ4v) is 1.76. The third-order valence-corrected chi connectivity index (χ3v) is 2.96. The summed E-state index contributed by atoms with van der Waals surface area (Å²) < 4.78 is 0. The molecule has 1 aromatic carbocycles. The van der Waals surface area contributed by atoms with E-state index in [1.807, 2.05) is 24.3 Å². The molecule has 1 fully saturated rings. The fourth-order valence-electron chi connectivity index (χ4n) is 1.58. The van der Waals surface area contributed by atoms with Gasteiger partial charge in [0, 0.05) is 18.7 Å². The van der Waals surface area contributed by atoms with Crippen LogP contribution in [0.15, 0.2) is 24.3 Å². The van der Waals surface area contributed by atoms with Gasteiger partial charge in [0.2, 0.25) is 0 Å². The van der Waals surface area contributed by atoms with Crippen molar-refractivity contribution in [1.82, 2.24) is 5.32 Å². The molecule has 2 amide bonds. The molecule has 0 saturated heterocycles. The Balaban J connectivity index is 2.19. The molecule has 1 aromatic rings. The Morgan fingerprint density at radius 1 is 1.47 bits per heavy atom. The number of nitrogens with zero attached hydrogens (tertiary/aromatic N) is 1. The van der Waals surface area contributed by atoms with E-state index in [0.717, 1.165) is 24.1 Å². The lowest BCUT2D eigenvalue weighted by atomic mass is 10.1. The average Bonchev–Trinajstić information content (AvgIpc) is 3.11. The summed E-state index contributed by atoms with van der Waals surface area (Å²) in [5, 5.41) is 2.92. The molecule has 17 heavy (non-hydrogen) atoms. The Labute approximate surface area is 106 Å². The zero-order valence-electron chi connectivity index (χ0n) is 9.64. The number of thiocarbonyl (C=S) groups is 1. The van der Waals surface area contributed by atoms with Crippen molar-refractivity contribution in [2.24, 2.45) is 5.73 Å². The zero-order chi connectivity index (χ0) is 12.4. The average molecular weight is 249 g/mol. The second-order valence-corrected chi connectivity index (χ2v) is 4.60. The first-order valence-electron chi connectivity index (χ1n) is 5.52. The van der Waals surface area contributed by atoms with E-state index < -0.39 is 0 Å². The smallest absolute Gasteiger partial charge is 0.321 e. The van der Waals surface area contributed by atoms with E-state index in [0.29, 0.717) is 11.0 Å². The number of urea groups is 1. The van der Waals surface area contributed by atoms with Crippen LogP contribution >= 0.6 is 12.2 Å². The Hall–Kier alpha value is -1.62. The molecule has 3 N–H and O–H groups in total. The highest BCUT2D eigenvalue weighted by Crippen LogP contribution is 2.22. The Morgan fingerprint density at radius 2 is 2.12 bits per heavy atom. The normalized spacial score (nSPS) is 14.2. The SMILES string of the molecule is CN(C(=O)NC1CC1)c1ccccc1C(N)=S. The van der Waals surface area contributed by atoms with Gasteiger partial charge in [0.25, 0.3) is 0 Å². The molecular formula is C12H15N3OS. The van der Waals surface area contributed by atoms with E-state index in [2.05, 4.69) is 5.32 Å². The van der Waals surface area contributed by atoms with E-state index in [9.17, 15) is 4.79 Å². The molecule has 0 aromatic heterocycles. The van der Waals surface area contributed by atoms with Gasteiger partial charge in [0.15, 0.2) is 0 Å². The van der Waals surface area contributed by atoms with Gasteiger partial charge in [-0.3, -0.25) is 4.90 Å². The lowest BCUT2D eigenvalue weighted by Crippen LogP contribution is -2.39. The highest BCUT2D eigenvalue weighted by molar-refractivity contribution is 7.80. The van der Waals surface area contributed by atoms with E-state index >= 15 is 0 Å². The maximum absolute atomic E-state index is 11.9. The van der Waals surface area contributed by atoms with Crippen LogP contribution in [0.4, 0.5) is 10.5 Å². The van der Waals surface area contributed by atoms with Gasteiger partial charge >= 0.3 is 6.03 Å². The van der Waals surface area contributed by atoms with E-state index in [-0.39, 0.29) is 6.03 Å². The predicted octanol–water partition coefficient (Wildman–Crippen LogP) is 1.63. The summed E-state index contributed by atoms with van der Waals surface area (Å²) >= 11 is 4.97. The van der Waals surface area contributed by atoms with Crippen molar-refractivity contribution in [1.29, 1.82) is 0 Å². The zero-order valence-corrected chi connectivity index (χ0v) is 10.5. The summed E-state index contributed by atoms with van der Waals surface area (Å²) in [4.78, 5) is 13.7. The molecule has 1 aliphatic rings. The number of hydrogen-bond acceptors (Lipinski definition) is 2. The van der Waals surface area contributed by atoms with Crippen LogP contribution < -0.4 is 16.0 Å². The first kappa shape index (κ1) is 11.9. The number of anilines is 1. The maximum Gasteiger partial charge on any atom is 0.321 e. The van der Waals surface area contributed by atoms with Gasteiger partial charge in [0.1, 0.15) is 4.99 Å². The van der Waals surface area contributed by atoms with Gasteiger partial charge in [-0.1, -0.05) is 24.4 Å². The number of carbonyl (C=O) groups is 1. The van der Waals surface area contributed by atoms with Crippen LogP contribution in [0.2, 0.25) is 0 Å². The molecule has 5 heteroatoms. The summed E-state index contributed by atoms with van der Waals surface area (Å²) in [5.74, 6) is 0. The van der Waals surface area contributed by atoms with Gasteiger partial charge in [-0.25, -0.2) is 4.79 Å². The van der Waals surface area contributed by atoms with Gasteiger partial charge in [-0.05, 0) is 25.0 Å². The minimum atomic E-state index is -0.115. The number of benzene rings is 1. The summed E-state index contributed by atoms with van der Waals surface area (Å²) in [6.07, 6.45) is 2.13. The van der Waals surface area contributed by atoms with Crippen molar-refractivity contribution < 1.29 is 4.79 Å². The fraction of sp³-hybridized carbons (Fsp3) is 0.333. The Bertz CT molecular complexity index is 457. The minimum absolute atomic E-state index is 0.115. The van der Waals surface area contributed by atoms with Gasteiger partial charge < -0.3 is 11.1 Å². The first-order chi connectivity index (χ1) is 8.09. The van der Waals surface area contributed by atoms with Crippen molar-refractivity contribution in [3.63, 3.8) is 0 Å². The number of para-hydroxylation sites is 1. The third-order valence-electron chi connectivity index (χ3n) is 2.74. The number of hydrogen-bond donors (Lipinski definition) is 2. The van der Waals surface area contributed by atoms with Crippen LogP contribution in [-0.4, -0.2) is 24.1 Å². The van der Waals surface area contributed by atoms with Crippen LogP contribution in [0.3, 0.4) is 0 Å². The van der Waals surface area contributed by atoms with Crippen LogP contribution in [0, 0.1) is 0 Å². The van der Waals surface area contributed by atoms with Crippen LogP contribution in [0.5, 0.6) is 0 Å². The number of amides is 2. The van der Waals surface area contributed by atoms with Crippen molar-refractivity contribution in [2.75, 3.05) is 11.9 Å². The predicted molar refractivity (Wildman–Crippen MR) is 72.3 cm³/mol. The van der Waals surface area contributed by atoms with Crippen LogP contribution in [-0.2, 0) is 0 Å². The maximum atomic E-state index is 11.9. The molecule has 0 aliphatic heterocycles. The molecule has 0 atom stereocenters. The van der Waals surface area contributed by atoms with E-state index in [1.54, 1.807) is 11.9 Å². The van der Waals surface area contributed by atoms with E-state index in [1.165, 1.54) is 0 Å². The number of nitrogens with one attached hydrogen (secondary N) is 1. The molecule has 90 valence electrons. The highest BCUT2D eigenvalue weighted by Gasteiger charge is 2.25. The third kappa shape index (κ3) is 2.74. The topological polar surface area (TPSA) is 58.4 Å². The first-order valence-corrected chi connectivity index (χ1v) is 5.93. The van der Waals surface area contributed by atoms with Crippen molar-refractivity contribution in [2.45, 2.75) is 18.9 Å². The minimum Gasteiger partial charge on any atom is -0.389 e. The van der Waals surface area contributed by atoms with Crippen LogP contribution in [0.1, 0.15) is 18.4 Å². The number of nitrogens with two attached hydrogens (primary N) is 1. The summed E-state index contributed by atoms with van der Waals surface area (Å²) in [5.41, 5.74) is 7.09. The standard InChI is InChI=1S/C12H15N3OS/c1-15(12(16)14-8-6-7-8)10-5-3-2-4-9(10)11(13)17/h2-5,8H,6-7H2,1H3,(H2,13,17)(H,14,16). The lowest BCUT2D eigenvalue weighted by molar-refractivity contribution is 0.247. The van der Waals surface area contributed by atoms with Gasteiger partial charge in [-0.2, -0.15) is 0 Å². The van der Waals surface area contributed by atoms with E-state index in [4.69, 9.17) is 18.0 Å². The molecular weight excluding hydrogens is 234 g/mol. The number of carbonyl (C=O) groups excluding carboxylic acids is 1. The van der Waals surface area contributed by atoms with Crippen molar-refractivity contribution in [3.8, 4) is 0 Å². The molecule has 4 nitrogen and oxygen atoms in total. The van der Waals surface area contributed by atoms with Crippen LogP contribution in [0.25, 0.3) is 0 Å². The molecule has 0 unspecified atom stereocenters. The molecule has 0 heterocycles. The largest absolute Gasteiger partial charge is 0.389 e.